The predicted octanol–water partition coefficient (Wildman–Crippen LogP) is 2.62. The maximum atomic E-state index is 6.07. The lowest BCUT2D eigenvalue weighted by atomic mass is 10.0. The van der Waals surface area contributed by atoms with Crippen LogP contribution >= 0.6 is 0 Å². The smallest absolute Gasteiger partial charge is 0.0720 e. The van der Waals surface area contributed by atoms with Crippen LogP contribution in [0.1, 0.15) is 24.8 Å². The SMILES string of the molecule is CN1CCC(CN2CCC(OCc3ccccc3)CC2)C1. The summed E-state index contributed by atoms with van der Waals surface area (Å²) < 4.78 is 6.07. The number of hydrogen-bond donors (Lipinski definition) is 0. The molecular weight excluding hydrogens is 260 g/mol. The largest absolute Gasteiger partial charge is 0.373 e. The summed E-state index contributed by atoms with van der Waals surface area (Å²) in [5.41, 5.74) is 1.29. The third kappa shape index (κ3) is 4.53. The van der Waals surface area contributed by atoms with Crippen LogP contribution in [0.4, 0.5) is 0 Å². The van der Waals surface area contributed by atoms with E-state index < -0.39 is 0 Å². The highest BCUT2D eigenvalue weighted by molar-refractivity contribution is 5.13. The molecule has 1 atom stereocenters. The minimum atomic E-state index is 0.452. The molecule has 21 heavy (non-hydrogen) atoms. The number of ether oxygens (including phenoxy) is 1. The van der Waals surface area contributed by atoms with E-state index >= 15 is 0 Å². The van der Waals surface area contributed by atoms with Crippen LogP contribution in [0.3, 0.4) is 0 Å². The number of likely N-dealkylation sites (tertiary alicyclic amines) is 2. The second kappa shape index (κ2) is 7.39. The van der Waals surface area contributed by atoms with Crippen LogP contribution < -0.4 is 0 Å². The van der Waals surface area contributed by atoms with Gasteiger partial charge in [-0.3, -0.25) is 0 Å². The molecule has 0 bridgehead atoms. The van der Waals surface area contributed by atoms with Gasteiger partial charge in [-0.2, -0.15) is 0 Å². The van der Waals surface area contributed by atoms with Gasteiger partial charge in [0.05, 0.1) is 12.7 Å². The molecule has 2 heterocycles. The molecule has 3 nitrogen and oxygen atoms in total. The van der Waals surface area contributed by atoms with Crippen molar-refractivity contribution in [3.05, 3.63) is 35.9 Å². The van der Waals surface area contributed by atoms with E-state index in [0.29, 0.717) is 6.10 Å². The van der Waals surface area contributed by atoms with Gasteiger partial charge < -0.3 is 14.5 Å². The summed E-state index contributed by atoms with van der Waals surface area (Å²) in [5.74, 6) is 0.886. The molecule has 1 aromatic carbocycles. The average Bonchev–Trinajstić information content (AvgIpc) is 2.93. The first-order valence-electron chi connectivity index (χ1n) is 8.36. The zero-order valence-corrected chi connectivity index (χ0v) is 13.2. The van der Waals surface area contributed by atoms with Crippen molar-refractivity contribution >= 4 is 0 Å². The minimum absolute atomic E-state index is 0.452. The fraction of sp³-hybridized carbons (Fsp3) is 0.667. The van der Waals surface area contributed by atoms with Crippen LogP contribution in [0.2, 0.25) is 0 Å². The highest BCUT2D eigenvalue weighted by Gasteiger charge is 2.25. The first-order valence-corrected chi connectivity index (χ1v) is 8.36. The van der Waals surface area contributed by atoms with E-state index in [1.807, 2.05) is 0 Å². The Hall–Kier alpha value is -0.900. The Kier molecular flexibility index (Phi) is 5.28. The Labute approximate surface area is 128 Å². The average molecular weight is 288 g/mol. The fourth-order valence-corrected chi connectivity index (χ4v) is 3.59. The third-order valence-corrected chi connectivity index (χ3v) is 4.87. The lowest BCUT2D eigenvalue weighted by Gasteiger charge is -2.33. The van der Waals surface area contributed by atoms with Crippen LogP contribution in [0.25, 0.3) is 0 Å². The summed E-state index contributed by atoms with van der Waals surface area (Å²) >= 11 is 0. The van der Waals surface area contributed by atoms with Gasteiger partial charge in [-0.25, -0.2) is 0 Å². The predicted molar refractivity (Wildman–Crippen MR) is 86.3 cm³/mol. The molecule has 2 saturated heterocycles. The van der Waals surface area contributed by atoms with Crippen molar-refractivity contribution < 1.29 is 4.74 Å². The second-order valence-corrected chi connectivity index (χ2v) is 6.71. The molecule has 116 valence electrons. The quantitative estimate of drug-likeness (QED) is 0.828. The maximum Gasteiger partial charge on any atom is 0.0720 e. The maximum absolute atomic E-state index is 6.07. The van der Waals surface area contributed by atoms with Gasteiger partial charge in [-0.05, 0) is 44.3 Å². The second-order valence-electron chi connectivity index (χ2n) is 6.71. The topological polar surface area (TPSA) is 15.7 Å². The molecule has 0 spiro atoms. The molecule has 0 radical (unpaired) electrons. The number of benzene rings is 1. The van der Waals surface area contributed by atoms with Gasteiger partial charge in [0.2, 0.25) is 0 Å². The normalized spacial score (nSPS) is 25.5. The highest BCUT2D eigenvalue weighted by atomic mass is 16.5. The molecule has 1 unspecified atom stereocenters. The van der Waals surface area contributed by atoms with E-state index in [2.05, 4.69) is 47.2 Å². The number of piperidine rings is 1. The highest BCUT2D eigenvalue weighted by Crippen LogP contribution is 2.20. The number of rotatable bonds is 5. The molecule has 2 aliphatic rings. The Morgan fingerprint density at radius 2 is 1.81 bits per heavy atom. The standard InChI is InChI=1S/C18H28N2O/c1-19-10-7-17(13-19)14-20-11-8-18(9-12-20)21-15-16-5-3-2-4-6-16/h2-6,17-18H,7-15H2,1H3. The zero-order valence-electron chi connectivity index (χ0n) is 13.2. The fourth-order valence-electron chi connectivity index (χ4n) is 3.59. The van der Waals surface area contributed by atoms with Gasteiger partial charge in [0.1, 0.15) is 0 Å². The molecule has 1 aromatic rings. The van der Waals surface area contributed by atoms with E-state index in [1.165, 1.54) is 57.5 Å². The summed E-state index contributed by atoms with van der Waals surface area (Å²) in [6.45, 7) is 7.03. The number of hydrogen-bond acceptors (Lipinski definition) is 3. The monoisotopic (exact) mass is 288 g/mol. The van der Waals surface area contributed by atoms with Crippen molar-refractivity contribution in [3.8, 4) is 0 Å². The molecule has 0 amide bonds. The van der Waals surface area contributed by atoms with E-state index in [1.54, 1.807) is 0 Å². The lowest BCUT2D eigenvalue weighted by Crippen LogP contribution is -2.40. The van der Waals surface area contributed by atoms with Gasteiger partial charge in [-0.1, -0.05) is 30.3 Å². The minimum Gasteiger partial charge on any atom is -0.373 e. The van der Waals surface area contributed by atoms with Crippen molar-refractivity contribution in [3.63, 3.8) is 0 Å². The van der Waals surface area contributed by atoms with Crippen molar-refractivity contribution in [2.75, 3.05) is 39.8 Å². The van der Waals surface area contributed by atoms with Gasteiger partial charge in [-0.15, -0.1) is 0 Å². The first kappa shape index (κ1) is 15.0. The number of nitrogens with zero attached hydrogens (tertiary/aromatic N) is 2. The summed E-state index contributed by atoms with van der Waals surface area (Å²) in [4.78, 5) is 5.10. The third-order valence-electron chi connectivity index (χ3n) is 4.87. The van der Waals surface area contributed by atoms with Crippen molar-refractivity contribution in [2.45, 2.75) is 32.0 Å². The molecular formula is C18H28N2O. The van der Waals surface area contributed by atoms with Crippen LogP contribution in [0.15, 0.2) is 30.3 Å². The summed E-state index contributed by atoms with van der Waals surface area (Å²) in [7, 11) is 2.24. The Bertz CT molecular complexity index is 414. The molecule has 2 aliphatic heterocycles. The molecule has 3 heteroatoms. The summed E-state index contributed by atoms with van der Waals surface area (Å²) in [6.07, 6.45) is 4.21. The van der Waals surface area contributed by atoms with E-state index in [0.717, 1.165) is 12.5 Å². The Balaban J connectivity index is 1.35. The zero-order chi connectivity index (χ0) is 14.5. The van der Waals surface area contributed by atoms with Gasteiger partial charge >= 0.3 is 0 Å². The summed E-state index contributed by atoms with van der Waals surface area (Å²) in [6, 6.07) is 10.5. The molecule has 0 N–H and O–H groups in total. The van der Waals surface area contributed by atoms with Crippen LogP contribution in [-0.4, -0.2) is 55.7 Å². The van der Waals surface area contributed by atoms with Crippen molar-refractivity contribution in [1.29, 1.82) is 0 Å². The molecule has 3 rings (SSSR count). The molecule has 0 aliphatic carbocycles. The van der Waals surface area contributed by atoms with Gasteiger partial charge in [0, 0.05) is 26.2 Å². The van der Waals surface area contributed by atoms with Crippen LogP contribution in [-0.2, 0) is 11.3 Å². The molecule has 0 saturated carbocycles. The van der Waals surface area contributed by atoms with Crippen molar-refractivity contribution in [1.82, 2.24) is 9.80 Å². The van der Waals surface area contributed by atoms with E-state index in [9.17, 15) is 0 Å². The van der Waals surface area contributed by atoms with E-state index in [-0.39, 0.29) is 0 Å². The van der Waals surface area contributed by atoms with Crippen LogP contribution in [0.5, 0.6) is 0 Å². The Morgan fingerprint density at radius 1 is 1.05 bits per heavy atom. The molecule has 2 fully saturated rings. The lowest BCUT2D eigenvalue weighted by molar-refractivity contribution is -0.00476. The first-order chi connectivity index (χ1) is 10.3. The van der Waals surface area contributed by atoms with Gasteiger partial charge in [0.15, 0.2) is 0 Å². The van der Waals surface area contributed by atoms with E-state index in [4.69, 9.17) is 4.74 Å². The van der Waals surface area contributed by atoms with Gasteiger partial charge in [0.25, 0.3) is 0 Å². The summed E-state index contributed by atoms with van der Waals surface area (Å²) in [5, 5.41) is 0. The van der Waals surface area contributed by atoms with Crippen molar-refractivity contribution in [2.24, 2.45) is 5.92 Å². The Morgan fingerprint density at radius 3 is 2.48 bits per heavy atom. The molecule has 0 aromatic heterocycles. The van der Waals surface area contributed by atoms with Crippen LogP contribution in [0, 0.1) is 5.92 Å².